The molecule has 2 aromatic heterocycles. The molecule has 4 aromatic carbocycles. The Kier molecular flexibility index (Phi) is 3.92. The molecule has 0 unspecified atom stereocenters. The van der Waals surface area contributed by atoms with Gasteiger partial charge >= 0.3 is 0 Å². The van der Waals surface area contributed by atoms with E-state index < -0.39 is 7.37 Å². The standard InChI is InChI=1S/C26H17N4O3P/c31-34(32)23-13-15(25-27-17-5-1-2-6-18(17)28-25)9-11-21(23)33-22-12-10-16(14-24(22)34)26-29-19-7-3-4-8-20(19)30-26/h1-14H,(H,27,28)(H,29,30)(H,31,32). The largest absolute Gasteiger partial charge is 0.456 e. The molecule has 164 valence electrons. The van der Waals surface area contributed by atoms with Crippen LogP contribution in [0.25, 0.3) is 44.8 Å². The van der Waals surface area contributed by atoms with Crippen LogP contribution >= 0.6 is 7.37 Å². The molecule has 0 bridgehead atoms. The van der Waals surface area contributed by atoms with E-state index in [1.165, 1.54) is 0 Å². The van der Waals surface area contributed by atoms with Crippen molar-refractivity contribution >= 4 is 40.0 Å². The van der Waals surface area contributed by atoms with Crippen molar-refractivity contribution in [2.24, 2.45) is 0 Å². The molecule has 7 nitrogen and oxygen atoms in total. The molecule has 0 saturated carbocycles. The van der Waals surface area contributed by atoms with Crippen LogP contribution in [0.2, 0.25) is 0 Å². The number of benzene rings is 4. The van der Waals surface area contributed by atoms with Gasteiger partial charge in [-0.2, -0.15) is 0 Å². The minimum absolute atomic E-state index is 0.250. The highest BCUT2D eigenvalue weighted by atomic mass is 31.2. The van der Waals surface area contributed by atoms with Crippen LogP contribution < -0.4 is 15.3 Å². The van der Waals surface area contributed by atoms with Gasteiger partial charge in [0.2, 0.25) is 0 Å². The van der Waals surface area contributed by atoms with Crippen molar-refractivity contribution in [1.29, 1.82) is 0 Å². The van der Waals surface area contributed by atoms with Crippen LogP contribution in [-0.2, 0) is 4.57 Å². The summed E-state index contributed by atoms with van der Waals surface area (Å²) < 4.78 is 19.8. The highest BCUT2D eigenvalue weighted by molar-refractivity contribution is 7.74. The van der Waals surface area contributed by atoms with E-state index in [1.807, 2.05) is 60.7 Å². The molecule has 0 aliphatic carbocycles. The lowest BCUT2D eigenvalue weighted by Crippen LogP contribution is -2.24. The van der Waals surface area contributed by atoms with Gasteiger partial charge in [0.15, 0.2) is 0 Å². The molecule has 7 rings (SSSR count). The van der Waals surface area contributed by atoms with Crippen molar-refractivity contribution < 1.29 is 14.2 Å². The fraction of sp³-hybridized carbons (Fsp3) is 0. The first-order valence-electron chi connectivity index (χ1n) is 10.8. The molecule has 3 N–H and O–H groups in total. The highest BCUT2D eigenvalue weighted by Crippen LogP contribution is 2.50. The second-order valence-corrected chi connectivity index (χ2v) is 10.4. The van der Waals surface area contributed by atoms with E-state index in [0.29, 0.717) is 34.3 Å². The van der Waals surface area contributed by atoms with E-state index in [0.717, 1.165) is 22.1 Å². The van der Waals surface area contributed by atoms with Crippen LogP contribution in [-0.4, -0.2) is 24.8 Å². The maximum atomic E-state index is 13.8. The normalized spacial score (nSPS) is 14.0. The Bertz CT molecular complexity index is 1610. The van der Waals surface area contributed by atoms with Gasteiger partial charge in [-0.15, -0.1) is 0 Å². The molecule has 1 aliphatic heterocycles. The van der Waals surface area contributed by atoms with E-state index >= 15 is 0 Å². The number of H-pyrrole nitrogens is 2. The average Bonchev–Trinajstić information content (AvgIpc) is 3.48. The van der Waals surface area contributed by atoms with Crippen molar-refractivity contribution in [3.8, 4) is 34.3 Å². The summed E-state index contributed by atoms with van der Waals surface area (Å²) in [5.41, 5.74) is 4.90. The molecule has 6 aromatic rings. The summed E-state index contributed by atoms with van der Waals surface area (Å²) in [7, 11) is -3.94. The Hall–Kier alpha value is -4.19. The molecule has 3 heterocycles. The first-order chi connectivity index (χ1) is 16.6. The molecule has 34 heavy (non-hydrogen) atoms. The molecule has 0 amide bonds. The number of aromatic amines is 2. The number of nitrogens with one attached hydrogen (secondary N) is 2. The quantitative estimate of drug-likeness (QED) is 0.309. The molecule has 0 saturated heterocycles. The summed E-state index contributed by atoms with van der Waals surface area (Å²) in [5, 5.41) is 0.499. The van der Waals surface area contributed by atoms with Crippen LogP contribution in [0.3, 0.4) is 0 Å². The van der Waals surface area contributed by atoms with Gasteiger partial charge in [-0.1, -0.05) is 24.3 Å². The van der Waals surface area contributed by atoms with Crippen LogP contribution in [0.4, 0.5) is 0 Å². The van der Waals surface area contributed by atoms with Gasteiger partial charge in [0.05, 0.1) is 32.7 Å². The number of imidazole rings is 2. The van der Waals surface area contributed by atoms with E-state index in [9.17, 15) is 9.46 Å². The molecule has 0 radical (unpaired) electrons. The zero-order chi connectivity index (χ0) is 22.9. The van der Waals surface area contributed by atoms with E-state index in [1.54, 1.807) is 24.3 Å². The minimum Gasteiger partial charge on any atom is -0.456 e. The second kappa shape index (κ2) is 6.90. The third-order valence-electron chi connectivity index (χ3n) is 6.12. The summed E-state index contributed by atoms with van der Waals surface area (Å²) in [6.07, 6.45) is 0. The maximum absolute atomic E-state index is 13.8. The van der Waals surface area contributed by atoms with Gasteiger partial charge in [0, 0.05) is 11.1 Å². The average molecular weight is 464 g/mol. The molecule has 0 spiro atoms. The Morgan fingerprint density at radius 2 is 1.15 bits per heavy atom. The number of hydrogen-bond acceptors (Lipinski definition) is 4. The Balaban J connectivity index is 1.34. The van der Waals surface area contributed by atoms with Crippen molar-refractivity contribution in [1.82, 2.24) is 19.9 Å². The maximum Gasteiger partial charge on any atom is 0.266 e. The van der Waals surface area contributed by atoms with Crippen molar-refractivity contribution in [2.45, 2.75) is 0 Å². The first-order valence-corrected chi connectivity index (χ1v) is 12.4. The molecule has 0 fully saturated rings. The van der Waals surface area contributed by atoms with E-state index in [-0.39, 0.29) is 10.6 Å². The lowest BCUT2D eigenvalue weighted by molar-refractivity contribution is 0.465. The van der Waals surface area contributed by atoms with E-state index in [4.69, 9.17) is 4.74 Å². The van der Waals surface area contributed by atoms with Crippen molar-refractivity contribution in [3.63, 3.8) is 0 Å². The summed E-state index contributed by atoms with van der Waals surface area (Å²) in [4.78, 5) is 27.1. The zero-order valence-corrected chi connectivity index (χ0v) is 18.6. The Labute approximate surface area is 193 Å². The van der Waals surface area contributed by atoms with Gasteiger partial charge in [0.25, 0.3) is 7.37 Å². The summed E-state index contributed by atoms with van der Waals surface area (Å²) >= 11 is 0. The molecule has 8 heteroatoms. The third kappa shape index (κ3) is 2.85. The van der Waals surface area contributed by atoms with Gasteiger partial charge in [-0.3, -0.25) is 4.57 Å². The highest BCUT2D eigenvalue weighted by Gasteiger charge is 2.37. The molecular weight excluding hydrogens is 447 g/mol. The monoisotopic (exact) mass is 464 g/mol. The Morgan fingerprint density at radius 3 is 1.62 bits per heavy atom. The lowest BCUT2D eigenvalue weighted by Gasteiger charge is -2.25. The van der Waals surface area contributed by atoms with E-state index in [2.05, 4.69) is 19.9 Å². The molecular formula is C26H17N4O3P. The number of fused-ring (bicyclic) bond motifs is 4. The fourth-order valence-corrected chi connectivity index (χ4v) is 6.13. The summed E-state index contributed by atoms with van der Waals surface area (Å²) in [5.74, 6) is 2.00. The third-order valence-corrected chi connectivity index (χ3v) is 8.12. The smallest absolute Gasteiger partial charge is 0.266 e. The minimum atomic E-state index is -3.94. The van der Waals surface area contributed by atoms with Crippen LogP contribution in [0.15, 0.2) is 84.9 Å². The number of aromatic nitrogens is 4. The van der Waals surface area contributed by atoms with Crippen molar-refractivity contribution in [3.05, 3.63) is 84.9 Å². The zero-order valence-electron chi connectivity index (χ0n) is 17.7. The second-order valence-electron chi connectivity index (χ2n) is 8.25. The Morgan fingerprint density at radius 1 is 0.676 bits per heavy atom. The number of ether oxygens (including phenoxy) is 1. The number of hydrogen-bond donors (Lipinski definition) is 3. The number of rotatable bonds is 2. The number of nitrogens with zero attached hydrogens (tertiary/aromatic N) is 2. The van der Waals surface area contributed by atoms with Gasteiger partial charge in [-0.05, 0) is 60.7 Å². The fourth-order valence-electron chi connectivity index (χ4n) is 4.40. The topological polar surface area (TPSA) is 104 Å². The van der Waals surface area contributed by atoms with Crippen LogP contribution in [0.1, 0.15) is 0 Å². The predicted molar refractivity (Wildman–Crippen MR) is 132 cm³/mol. The van der Waals surface area contributed by atoms with Gasteiger partial charge in [-0.25, -0.2) is 9.97 Å². The molecule has 1 aliphatic rings. The summed E-state index contributed by atoms with van der Waals surface area (Å²) in [6.45, 7) is 0. The predicted octanol–water partition coefficient (Wildman–Crippen LogP) is 5.10. The van der Waals surface area contributed by atoms with Crippen LogP contribution in [0, 0.1) is 0 Å². The van der Waals surface area contributed by atoms with Gasteiger partial charge in [0.1, 0.15) is 23.1 Å². The summed E-state index contributed by atoms with van der Waals surface area (Å²) in [6, 6.07) is 25.9. The molecule has 0 atom stereocenters. The first kappa shape index (κ1) is 19.3. The van der Waals surface area contributed by atoms with Crippen LogP contribution in [0.5, 0.6) is 11.5 Å². The van der Waals surface area contributed by atoms with Gasteiger partial charge < -0.3 is 19.6 Å². The number of para-hydroxylation sites is 4. The SMILES string of the molecule is O=P1(O)c2cc(-c3nc4ccccc4[nH]3)ccc2Oc2ccc(-c3nc4ccccc4[nH]3)cc21. The van der Waals surface area contributed by atoms with Crippen molar-refractivity contribution in [2.75, 3.05) is 0 Å². The lowest BCUT2D eigenvalue weighted by atomic mass is 10.2.